The summed E-state index contributed by atoms with van der Waals surface area (Å²) in [7, 11) is 0. The van der Waals surface area contributed by atoms with Crippen LogP contribution in [0.5, 0.6) is 0 Å². The zero-order valence-corrected chi connectivity index (χ0v) is 98.4. The van der Waals surface area contributed by atoms with E-state index in [0.29, 0.717) is 22.3 Å². The van der Waals surface area contributed by atoms with Gasteiger partial charge in [-0.25, -0.2) is 38.4 Å². The summed E-state index contributed by atoms with van der Waals surface area (Å²) < 4.78 is 43.7. The van der Waals surface area contributed by atoms with E-state index in [0.717, 1.165) is 103 Å². The maximum Gasteiger partial charge on any atom is 0.333 e. The van der Waals surface area contributed by atoms with Gasteiger partial charge in [0.2, 0.25) is 0 Å². The third-order valence-corrected chi connectivity index (χ3v) is 31.2. The van der Waals surface area contributed by atoms with Crippen LogP contribution in [0.3, 0.4) is 0 Å². The molecule has 0 amide bonds. The Morgan fingerprint density at radius 3 is 0.267 bits per heavy atom. The van der Waals surface area contributed by atoms with Gasteiger partial charge in [0, 0.05) is 46.6 Å². The minimum Gasteiger partial charge on any atom is -0.459 e. The molecule has 16 nitrogen and oxygen atoms in total. The molecule has 0 bridgehead atoms. The van der Waals surface area contributed by atoms with Crippen LogP contribution in [0.2, 0.25) is 0 Å². The molecule has 0 aliphatic heterocycles. The van der Waals surface area contributed by atoms with Crippen LogP contribution < -0.4 is 0 Å². The second-order valence-electron chi connectivity index (χ2n) is 45.9. The first-order valence-electron chi connectivity index (χ1n) is 63.9. The van der Waals surface area contributed by atoms with Crippen molar-refractivity contribution >= 4 is 47.8 Å². The molecule has 0 radical (unpaired) electrons. The minimum absolute atomic E-state index is 0.105. The van der Waals surface area contributed by atoms with Gasteiger partial charge in [0.1, 0.15) is 48.8 Å². The van der Waals surface area contributed by atoms with Gasteiger partial charge in [-0.15, -0.1) is 0 Å². The van der Waals surface area contributed by atoms with Gasteiger partial charge < -0.3 is 37.9 Å². The number of carbonyl (C=O) groups is 8. The molecule has 0 spiro atoms. The lowest BCUT2D eigenvalue weighted by Crippen LogP contribution is -2.19. The quantitative estimate of drug-likeness (QED) is 0.0799. The fraction of sp³-hybridized carbons (Fsp3) is 0.821. The van der Waals surface area contributed by atoms with Crippen molar-refractivity contribution in [3.8, 4) is 0 Å². The highest BCUT2D eigenvalue weighted by molar-refractivity contribution is 5.88. The van der Waals surface area contributed by atoms with E-state index in [9.17, 15) is 38.4 Å². The average Bonchev–Trinajstić information content (AvgIpc) is 1.11. The summed E-state index contributed by atoms with van der Waals surface area (Å²) in [6, 6.07) is 0. The van der Waals surface area contributed by atoms with Gasteiger partial charge in [0.05, 0.1) is 0 Å². The van der Waals surface area contributed by atoms with E-state index >= 15 is 0 Å². The zero-order chi connectivity index (χ0) is 109. The summed E-state index contributed by atoms with van der Waals surface area (Å²) in [4.78, 5) is 91.4. The molecule has 0 aromatic heterocycles. The molecule has 8 aliphatic rings. The van der Waals surface area contributed by atoms with Crippen molar-refractivity contribution in [3.63, 3.8) is 0 Å². The molecule has 16 heteroatoms. The van der Waals surface area contributed by atoms with E-state index in [1.807, 2.05) is 0 Å². The minimum atomic E-state index is -0.273. The molecule has 0 atom stereocenters. The Bertz CT molecular complexity index is 3220. The van der Waals surface area contributed by atoms with Crippen LogP contribution in [0, 0.1) is 0 Å². The first-order chi connectivity index (χ1) is 73.1. The second kappa shape index (κ2) is 107. The molecule has 8 saturated carbocycles. The molecule has 0 aromatic rings. The predicted molar refractivity (Wildman–Crippen MR) is 632 cm³/mol. The van der Waals surface area contributed by atoms with Crippen LogP contribution in [-0.4, -0.2) is 96.6 Å². The lowest BCUT2D eigenvalue weighted by atomic mass is 9.98. The van der Waals surface area contributed by atoms with Crippen molar-refractivity contribution in [2.45, 2.75) is 706 Å². The standard InChI is InChI=1S/C22H40O2.C21H38O2.C19H34O2.C18H32O2.C16H28O2.C15H26O2.C12H20O2.C11H18O2/c1-20(2)22(23)24-21-18-16-14-12-10-8-6-4-3-5-7-9-11-13-15-17-19-21;1-2-21(22)23-20-18-16-14-12-10-8-6-4-3-5-7-9-11-13-15-17-19-20;1-17(2)19(20)21-18-15-13-11-9-7-5-3-4-6-8-10-12-14-16-18;1-2-18(19)20-17-15-13-11-9-7-5-3-4-6-8-10-12-14-16-17;1-14(2)16(17)18-15-12-10-8-6-4-3-5-7-9-11-13-15;1-2-15(16)17-14-12-10-8-6-4-3-5-7-9-11-13-14;1-10(2)12(13)14-11-8-6-4-3-5-7-9-11;1-2-11(12)13-10-8-6-4-3-5-7-9-10/h21H,1,3-19H2,2H3;2,20H,1,3-19H2;18H,1,3-16H2,2H3;2,17H,1,3-16H2;15H,1,3-13H2,2H3;2,14H,1,3-13H2;11H,1,3-9H2,2H3;2,10H,1,3-9H2. The van der Waals surface area contributed by atoms with E-state index < -0.39 is 0 Å². The highest BCUT2D eigenvalue weighted by atomic mass is 16.6. The summed E-state index contributed by atoms with van der Waals surface area (Å²) in [6.45, 7) is 35.4. The zero-order valence-electron chi connectivity index (χ0n) is 98.4. The SMILES string of the molecule is C=C(C)C(=O)OC1CCCCCCC1.C=C(C)C(=O)OC1CCCCCCCCCCC1.C=C(C)C(=O)OC1CCCCCCCCCCCCCC1.C=C(C)C(=O)OC1CCCCCCCCCCCCCCCCC1.C=CC(=O)OC1CCCCCCC1.C=CC(=O)OC1CCCCCCCCCCC1.C=CC(=O)OC1CCCCCCCCCCCCCC1.C=CC(=O)OC1CCCCCCCCCCCCCCCCC1. The third kappa shape index (κ3) is 95.1. The van der Waals surface area contributed by atoms with Crippen molar-refractivity contribution < 1.29 is 76.3 Å². The lowest BCUT2D eigenvalue weighted by Gasteiger charge is -2.20. The maximum absolute atomic E-state index is 11.8. The molecule has 868 valence electrons. The van der Waals surface area contributed by atoms with Gasteiger partial charge in [0.25, 0.3) is 0 Å². The highest BCUT2D eigenvalue weighted by Crippen LogP contribution is 2.30. The molecule has 8 aliphatic carbocycles. The molecule has 0 heterocycles. The van der Waals surface area contributed by atoms with Gasteiger partial charge in [-0.3, -0.25) is 0 Å². The summed E-state index contributed by atoms with van der Waals surface area (Å²) in [6.07, 6.45) is 131. The summed E-state index contributed by atoms with van der Waals surface area (Å²) in [5.41, 5.74) is 2.06. The fourth-order valence-electron chi connectivity index (χ4n) is 21.6. The van der Waals surface area contributed by atoms with Crippen LogP contribution >= 0.6 is 0 Å². The number of carbonyl (C=O) groups excluding carboxylic acids is 8. The molecule has 8 rings (SSSR count). The Kier molecular flexibility index (Phi) is 101. The Morgan fingerprint density at radius 1 is 0.133 bits per heavy atom. The Hall–Kier alpha value is -6.32. The van der Waals surface area contributed by atoms with Crippen molar-refractivity contribution in [1.29, 1.82) is 0 Å². The molecule has 0 saturated heterocycles. The van der Waals surface area contributed by atoms with Crippen molar-refractivity contribution in [2.75, 3.05) is 0 Å². The topological polar surface area (TPSA) is 210 Å². The molecular formula is C134H236O16. The van der Waals surface area contributed by atoms with Gasteiger partial charge >= 0.3 is 47.8 Å². The molecule has 0 unspecified atom stereocenters. The van der Waals surface area contributed by atoms with E-state index in [4.69, 9.17) is 37.9 Å². The Balaban J connectivity index is 0.000000863. The molecule has 8 fully saturated rings. The lowest BCUT2D eigenvalue weighted by molar-refractivity contribution is -0.146. The second-order valence-corrected chi connectivity index (χ2v) is 45.9. The Morgan fingerprint density at radius 2 is 0.200 bits per heavy atom. The number of esters is 8. The first kappa shape index (κ1) is 142. The molecule has 150 heavy (non-hydrogen) atoms. The molecule has 0 N–H and O–H groups in total. The van der Waals surface area contributed by atoms with Crippen molar-refractivity contribution in [1.82, 2.24) is 0 Å². The van der Waals surface area contributed by atoms with Gasteiger partial charge in [-0.2, -0.15) is 0 Å². The highest BCUT2D eigenvalue weighted by Gasteiger charge is 2.24. The van der Waals surface area contributed by atoms with Gasteiger partial charge in [-0.1, -0.05) is 476 Å². The van der Waals surface area contributed by atoms with Gasteiger partial charge in [0.15, 0.2) is 0 Å². The van der Waals surface area contributed by atoms with Crippen LogP contribution in [0.25, 0.3) is 0 Å². The van der Waals surface area contributed by atoms with E-state index in [1.54, 1.807) is 27.7 Å². The van der Waals surface area contributed by atoms with Crippen molar-refractivity contribution in [3.05, 3.63) is 99.2 Å². The third-order valence-electron chi connectivity index (χ3n) is 31.2. The number of ether oxygens (including phenoxy) is 8. The summed E-state index contributed by atoms with van der Waals surface area (Å²) in [5.74, 6) is -1.90. The van der Waals surface area contributed by atoms with Crippen LogP contribution in [0.4, 0.5) is 0 Å². The van der Waals surface area contributed by atoms with Gasteiger partial charge in [-0.05, 0) is 233 Å². The van der Waals surface area contributed by atoms with E-state index in [2.05, 4.69) is 52.6 Å². The Labute approximate surface area is 923 Å². The number of hydrogen-bond acceptors (Lipinski definition) is 16. The number of rotatable bonds is 16. The molecular weight excluding hydrogens is 1870 g/mol. The van der Waals surface area contributed by atoms with E-state index in [1.165, 1.54) is 551 Å². The summed E-state index contributed by atoms with van der Waals surface area (Å²) >= 11 is 0. The largest absolute Gasteiger partial charge is 0.459 e. The summed E-state index contributed by atoms with van der Waals surface area (Å²) in [5, 5.41) is 0. The van der Waals surface area contributed by atoms with Crippen LogP contribution in [0.1, 0.15) is 657 Å². The average molecular weight is 2100 g/mol. The van der Waals surface area contributed by atoms with Crippen molar-refractivity contribution in [2.24, 2.45) is 0 Å². The fourth-order valence-corrected chi connectivity index (χ4v) is 21.6. The monoisotopic (exact) mass is 2100 g/mol. The number of hydrogen-bond donors (Lipinski definition) is 0. The van der Waals surface area contributed by atoms with E-state index in [-0.39, 0.29) is 96.6 Å². The first-order valence-corrected chi connectivity index (χ1v) is 63.9. The van der Waals surface area contributed by atoms with Crippen LogP contribution in [0.15, 0.2) is 99.2 Å². The maximum atomic E-state index is 11.8. The molecule has 0 aromatic carbocycles. The predicted octanol–water partition coefficient (Wildman–Crippen LogP) is 40.6. The van der Waals surface area contributed by atoms with Crippen LogP contribution in [-0.2, 0) is 76.3 Å². The smallest absolute Gasteiger partial charge is 0.333 e. The normalized spacial score (nSPS) is 20.9.